The van der Waals surface area contributed by atoms with Gasteiger partial charge in [-0.3, -0.25) is 0 Å². The minimum absolute atomic E-state index is 0.754. The molecule has 0 atom stereocenters. The Morgan fingerprint density at radius 1 is 1.28 bits per heavy atom. The van der Waals surface area contributed by atoms with Crippen LogP contribution in [0.4, 0.5) is 0 Å². The van der Waals surface area contributed by atoms with Crippen molar-refractivity contribution in [3.63, 3.8) is 0 Å². The van der Waals surface area contributed by atoms with Gasteiger partial charge in [0.2, 0.25) is 0 Å². The number of methoxy groups -OCH3 is 1. The number of hydrogen-bond donors (Lipinski definition) is 1. The summed E-state index contributed by atoms with van der Waals surface area (Å²) in [6.45, 7) is 3.89. The molecule has 5 heteroatoms. The highest BCUT2D eigenvalue weighted by Gasteiger charge is 2.02. The topological polar surface area (TPSA) is 52.0 Å². The average Bonchev–Trinajstić information content (AvgIpc) is 2.88. The third-order valence-electron chi connectivity index (χ3n) is 2.58. The highest BCUT2D eigenvalue weighted by Crippen LogP contribution is 2.13. The Labute approximate surface area is 107 Å². The van der Waals surface area contributed by atoms with Crippen molar-refractivity contribution in [3.05, 3.63) is 36.2 Å². The number of benzene rings is 1. The second kappa shape index (κ2) is 6.16. The lowest BCUT2D eigenvalue weighted by atomic mass is 10.3. The predicted octanol–water partition coefficient (Wildman–Crippen LogP) is 1.78. The van der Waals surface area contributed by atoms with Gasteiger partial charge in [0.05, 0.1) is 24.7 Å². The first kappa shape index (κ1) is 12.6. The van der Waals surface area contributed by atoms with E-state index in [0.717, 1.165) is 36.6 Å². The normalized spacial score (nSPS) is 10.6. The SMILES string of the molecule is CCCNCc1cnn(-c2ccc(OC)cc2)n1. The fourth-order valence-electron chi connectivity index (χ4n) is 1.61. The first-order valence-corrected chi connectivity index (χ1v) is 6.10. The van der Waals surface area contributed by atoms with Crippen molar-refractivity contribution < 1.29 is 4.74 Å². The summed E-state index contributed by atoms with van der Waals surface area (Å²) in [7, 11) is 1.65. The van der Waals surface area contributed by atoms with E-state index in [2.05, 4.69) is 22.4 Å². The molecule has 1 aromatic heterocycles. The predicted molar refractivity (Wildman–Crippen MR) is 69.9 cm³/mol. The van der Waals surface area contributed by atoms with Gasteiger partial charge < -0.3 is 10.1 Å². The Kier molecular flexibility index (Phi) is 4.30. The Morgan fingerprint density at radius 2 is 2.06 bits per heavy atom. The molecule has 0 radical (unpaired) electrons. The maximum Gasteiger partial charge on any atom is 0.119 e. The average molecular weight is 246 g/mol. The third-order valence-corrected chi connectivity index (χ3v) is 2.58. The lowest BCUT2D eigenvalue weighted by Gasteiger charge is -2.02. The Balaban J connectivity index is 2.04. The Hall–Kier alpha value is -1.88. The molecular weight excluding hydrogens is 228 g/mol. The molecule has 0 saturated heterocycles. The molecule has 1 heterocycles. The molecule has 1 aromatic carbocycles. The second-order valence-electron chi connectivity index (χ2n) is 4.00. The first-order valence-electron chi connectivity index (χ1n) is 6.10. The molecule has 0 aliphatic heterocycles. The third kappa shape index (κ3) is 3.07. The van der Waals surface area contributed by atoms with Gasteiger partial charge in [0.1, 0.15) is 5.75 Å². The van der Waals surface area contributed by atoms with E-state index in [9.17, 15) is 0 Å². The highest BCUT2D eigenvalue weighted by molar-refractivity contribution is 5.35. The van der Waals surface area contributed by atoms with E-state index in [1.165, 1.54) is 0 Å². The zero-order chi connectivity index (χ0) is 12.8. The maximum atomic E-state index is 5.12. The van der Waals surface area contributed by atoms with Crippen molar-refractivity contribution in [2.75, 3.05) is 13.7 Å². The van der Waals surface area contributed by atoms with Crippen LogP contribution in [0.1, 0.15) is 19.0 Å². The van der Waals surface area contributed by atoms with Crippen LogP contribution in [-0.4, -0.2) is 28.6 Å². The minimum atomic E-state index is 0.754. The molecular formula is C13H18N4O. The zero-order valence-electron chi connectivity index (χ0n) is 10.8. The summed E-state index contributed by atoms with van der Waals surface area (Å²) in [5.41, 5.74) is 1.87. The molecule has 0 fully saturated rings. The van der Waals surface area contributed by atoms with Gasteiger partial charge >= 0.3 is 0 Å². The van der Waals surface area contributed by atoms with E-state index < -0.39 is 0 Å². The van der Waals surface area contributed by atoms with Crippen molar-refractivity contribution in [1.82, 2.24) is 20.3 Å². The smallest absolute Gasteiger partial charge is 0.119 e. The van der Waals surface area contributed by atoms with E-state index >= 15 is 0 Å². The van der Waals surface area contributed by atoms with Crippen LogP contribution < -0.4 is 10.1 Å². The Morgan fingerprint density at radius 3 is 2.72 bits per heavy atom. The lowest BCUT2D eigenvalue weighted by Crippen LogP contribution is -2.14. The summed E-state index contributed by atoms with van der Waals surface area (Å²) in [5, 5.41) is 12.0. The molecule has 0 aliphatic rings. The van der Waals surface area contributed by atoms with Crippen molar-refractivity contribution in [2.24, 2.45) is 0 Å². The molecule has 5 nitrogen and oxygen atoms in total. The van der Waals surface area contributed by atoms with Crippen LogP contribution in [0.15, 0.2) is 30.5 Å². The molecule has 1 N–H and O–H groups in total. The quantitative estimate of drug-likeness (QED) is 0.789. The number of hydrogen-bond acceptors (Lipinski definition) is 4. The van der Waals surface area contributed by atoms with Crippen LogP contribution >= 0.6 is 0 Å². The van der Waals surface area contributed by atoms with Gasteiger partial charge in [-0.1, -0.05) is 6.92 Å². The number of nitrogens with one attached hydrogen (secondary N) is 1. The first-order chi connectivity index (χ1) is 8.83. The van der Waals surface area contributed by atoms with E-state index in [1.54, 1.807) is 18.1 Å². The molecule has 0 amide bonds. The fraction of sp³-hybridized carbons (Fsp3) is 0.385. The summed E-state index contributed by atoms with van der Waals surface area (Å²) in [5.74, 6) is 0.829. The van der Waals surface area contributed by atoms with Crippen molar-refractivity contribution in [2.45, 2.75) is 19.9 Å². The van der Waals surface area contributed by atoms with Gasteiger partial charge in [-0.05, 0) is 37.2 Å². The van der Waals surface area contributed by atoms with Gasteiger partial charge in [-0.25, -0.2) is 0 Å². The van der Waals surface area contributed by atoms with E-state index in [-0.39, 0.29) is 0 Å². The molecule has 96 valence electrons. The van der Waals surface area contributed by atoms with Crippen molar-refractivity contribution in [3.8, 4) is 11.4 Å². The van der Waals surface area contributed by atoms with Crippen molar-refractivity contribution >= 4 is 0 Å². The molecule has 2 rings (SSSR count). The zero-order valence-corrected chi connectivity index (χ0v) is 10.8. The van der Waals surface area contributed by atoms with Crippen LogP contribution in [0.2, 0.25) is 0 Å². The summed E-state index contributed by atoms with van der Waals surface area (Å²) in [4.78, 5) is 1.63. The maximum absolute atomic E-state index is 5.12. The summed E-state index contributed by atoms with van der Waals surface area (Å²) >= 11 is 0. The molecule has 0 bridgehead atoms. The molecule has 0 saturated carbocycles. The van der Waals surface area contributed by atoms with Crippen LogP contribution in [0.5, 0.6) is 5.75 Å². The fourth-order valence-corrected chi connectivity index (χ4v) is 1.61. The summed E-state index contributed by atoms with van der Waals surface area (Å²) < 4.78 is 5.12. The number of nitrogens with zero attached hydrogens (tertiary/aromatic N) is 3. The van der Waals surface area contributed by atoms with E-state index in [0.29, 0.717) is 0 Å². The van der Waals surface area contributed by atoms with Gasteiger partial charge in [-0.2, -0.15) is 15.0 Å². The monoisotopic (exact) mass is 246 g/mol. The van der Waals surface area contributed by atoms with Crippen molar-refractivity contribution in [1.29, 1.82) is 0 Å². The molecule has 0 spiro atoms. The van der Waals surface area contributed by atoms with Crippen LogP contribution in [0, 0.1) is 0 Å². The van der Waals surface area contributed by atoms with Crippen LogP contribution in [-0.2, 0) is 6.54 Å². The van der Waals surface area contributed by atoms with Gasteiger partial charge in [0.25, 0.3) is 0 Å². The highest BCUT2D eigenvalue weighted by atomic mass is 16.5. The standard InChI is InChI=1S/C13H18N4O/c1-3-8-14-9-11-10-15-17(16-11)12-4-6-13(18-2)7-5-12/h4-7,10,14H,3,8-9H2,1-2H3. The molecule has 2 aromatic rings. The van der Waals surface area contributed by atoms with Crippen LogP contribution in [0.3, 0.4) is 0 Å². The largest absolute Gasteiger partial charge is 0.497 e. The van der Waals surface area contributed by atoms with Gasteiger partial charge in [0, 0.05) is 6.54 Å². The lowest BCUT2D eigenvalue weighted by molar-refractivity contribution is 0.414. The number of aromatic nitrogens is 3. The van der Waals surface area contributed by atoms with Gasteiger partial charge in [0.15, 0.2) is 0 Å². The van der Waals surface area contributed by atoms with Crippen LogP contribution in [0.25, 0.3) is 5.69 Å². The number of ether oxygens (including phenoxy) is 1. The van der Waals surface area contributed by atoms with E-state index in [1.807, 2.05) is 24.3 Å². The molecule has 18 heavy (non-hydrogen) atoms. The van der Waals surface area contributed by atoms with Gasteiger partial charge in [-0.15, -0.1) is 0 Å². The molecule has 0 aliphatic carbocycles. The summed E-state index contributed by atoms with van der Waals surface area (Å²) in [6.07, 6.45) is 2.90. The Bertz CT molecular complexity index is 478. The second-order valence-corrected chi connectivity index (χ2v) is 4.00. The number of rotatable bonds is 6. The summed E-state index contributed by atoms with van der Waals surface area (Å²) in [6, 6.07) is 7.66. The minimum Gasteiger partial charge on any atom is -0.497 e. The molecule has 0 unspecified atom stereocenters. The van der Waals surface area contributed by atoms with E-state index in [4.69, 9.17) is 4.74 Å².